The van der Waals surface area contributed by atoms with Crippen molar-refractivity contribution in [3.63, 3.8) is 0 Å². The summed E-state index contributed by atoms with van der Waals surface area (Å²) in [4.78, 5) is 34.3. The van der Waals surface area contributed by atoms with Crippen LogP contribution in [0.4, 0.5) is 11.4 Å². The number of nitro benzene ring substituents is 1. The normalized spacial score (nSPS) is 11.2. The van der Waals surface area contributed by atoms with Crippen molar-refractivity contribution in [2.45, 2.75) is 18.7 Å². The molecule has 0 atom stereocenters. The number of hydrogen-bond donors (Lipinski definition) is 1. The second kappa shape index (κ2) is 10.3. The zero-order chi connectivity index (χ0) is 23.2. The third-order valence-corrected chi connectivity index (χ3v) is 6.58. The van der Waals surface area contributed by atoms with E-state index in [2.05, 4.69) is 5.32 Å². The standard InChI is InChI=1S/C19H20ClN3O7S/c1-3-22(4-2)31(28,29)15-8-6-14(7-9-15)21-18(24)12-30-19(25)13-5-10-16(20)17(11-13)23(26)27/h5-11H,3-4,12H2,1-2H3,(H,21,24). The van der Waals surface area contributed by atoms with Crippen LogP contribution in [0.1, 0.15) is 24.2 Å². The zero-order valence-corrected chi connectivity index (χ0v) is 18.3. The van der Waals surface area contributed by atoms with E-state index in [0.29, 0.717) is 18.8 Å². The first kappa shape index (κ1) is 24.3. The van der Waals surface area contributed by atoms with Crippen LogP contribution in [0.5, 0.6) is 0 Å². The van der Waals surface area contributed by atoms with E-state index in [-0.39, 0.29) is 15.5 Å². The number of anilines is 1. The molecular formula is C19H20ClN3O7S. The van der Waals surface area contributed by atoms with E-state index in [1.54, 1.807) is 13.8 Å². The Morgan fingerprint density at radius 1 is 1.13 bits per heavy atom. The molecule has 0 unspecified atom stereocenters. The summed E-state index contributed by atoms with van der Waals surface area (Å²) in [5.41, 5.74) is -0.281. The fourth-order valence-corrected chi connectivity index (χ4v) is 4.26. The van der Waals surface area contributed by atoms with Crippen molar-refractivity contribution < 1.29 is 27.7 Å². The van der Waals surface area contributed by atoms with E-state index in [1.165, 1.54) is 40.7 Å². The van der Waals surface area contributed by atoms with Gasteiger partial charge in [0.2, 0.25) is 10.0 Å². The van der Waals surface area contributed by atoms with Crippen molar-refractivity contribution in [3.8, 4) is 0 Å². The molecule has 10 nitrogen and oxygen atoms in total. The molecule has 0 spiro atoms. The molecule has 1 N–H and O–H groups in total. The highest BCUT2D eigenvalue weighted by Gasteiger charge is 2.21. The fourth-order valence-electron chi connectivity index (χ4n) is 2.61. The Labute approximate surface area is 184 Å². The van der Waals surface area contributed by atoms with E-state index in [1.807, 2.05) is 0 Å². The van der Waals surface area contributed by atoms with Crippen LogP contribution in [0, 0.1) is 10.1 Å². The van der Waals surface area contributed by atoms with Crippen LogP contribution in [0.25, 0.3) is 0 Å². The van der Waals surface area contributed by atoms with Crippen LogP contribution in [0.3, 0.4) is 0 Å². The topological polar surface area (TPSA) is 136 Å². The van der Waals surface area contributed by atoms with Gasteiger partial charge in [-0.15, -0.1) is 0 Å². The van der Waals surface area contributed by atoms with Crippen molar-refractivity contribution in [1.29, 1.82) is 0 Å². The second-order valence-corrected chi connectivity index (χ2v) is 8.51. The highest BCUT2D eigenvalue weighted by atomic mass is 35.5. The largest absolute Gasteiger partial charge is 0.452 e. The number of carbonyl (C=O) groups is 2. The van der Waals surface area contributed by atoms with E-state index in [9.17, 15) is 28.1 Å². The first-order valence-electron chi connectivity index (χ1n) is 9.11. The molecule has 1 amide bonds. The summed E-state index contributed by atoms with van der Waals surface area (Å²) in [6.07, 6.45) is 0. The molecule has 31 heavy (non-hydrogen) atoms. The SMILES string of the molecule is CCN(CC)S(=O)(=O)c1ccc(NC(=O)COC(=O)c2ccc(Cl)c([N+](=O)[O-])c2)cc1. The number of carbonyl (C=O) groups excluding carboxylic acids is 2. The Hall–Kier alpha value is -3.02. The molecule has 0 aliphatic rings. The lowest BCUT2D eigenvalue weighted by atomic mass is 10.2. The van der Waals surface area contributed by atoms with Gasteiger partial charge in [0.15, 0.2) is 6.61 Å². The maximum absolute atomic E-state index is 12.5. The molecule has 0 saturated carbocycles. The molecule has 0 fully saturated rings. The number of esters is 1. The van der Waals surface area contributed by atoms with Gasteiger partial charge in [-0.05, 0) is 36.4 Å². The highest BCUT2D eigenvalue weighted by molar-refractivity contribution is 7.89. The van der Waals surface area contributed by atoms with Gasteiger partial charge in [0, 0.05) is 24.8 Å². The van der Waals surface area contributed by atoms with Crippen LogP contribution in [0.2, 0.25) is 5.02 Å². The number of nitrogens with zero attached hydrogens (tertiary/aromatic N) is 2. The number of hydrogen-bond acceptors (Lipinski definition) is 7. The van der Waals surface area contributed by atoms with E-state index >= 15 is 0 Å². The number of benzene rings is 2. The van der Waals surface area contributed by atoms with Gasteiger partial charge in [0.1, 0.15) is 5.02 Å². The number of nitrogens with one attached hydrogen (secondary N) is 1. The quantitative estimate of drug-likeness (QED) is 0.338. The van der Waals surface area contributed by atoms with E-state index < -0.39 is 39.1 Å². The van der Waals surface area contributed by atoms with Gasteiger partial charge in [-0.1, -0.05) is 25.4 Å². The molecule has 0 aliphatic heterocycles. The number of amides is 1. The van der Waals surface area contributed by atoms with Gasteiger partial charge in [-0.25, -0.2) is 13.2 Å². The van der Waals surface area contributed by atoms with Gasteiger partial charge in [0.25, 0.3) is 11.6 Å². The van der Waals surface area contributed by atoms with Crippen LogP contribution >= 0.6 is 11.6 Å². The molecule has 12 heteroatoms. The van der Waals surface area contributed by atoms with Crippen molar-refractivity contribution in [2.75, 3.05) is 25.0 Å². The molecule has 0 bridgehead atoms. The summed E-state index contributed by atoms with van der Waals surface area (Å²) >= 11 is 5.69. The lowest BCUT2D eigenvalue weighted by Gasteiger charge is -2.18. The Bertz CT molecular complexity index is 1080. The van der Waals surface area contributed by atoms with Crippen molar-refractivity contribution >= 4 is 44.9 Å². The summed E-state index contributed by atoms with van der Waals surface area (Å²) in [5, 5.41) is 13.2. The third kappa shape index (κ3) is 6.00. The molecule has 166 valence electrons. The molecule has 0 aromatic heterocycles. The Morgan fingerprint density at radius 2 is 1.74 bits per heavy atom. The lowest BCUT2D eigenvalue weighted by molar-refractivity contribution is -0.384. The highest BCUT2D eigenvalue weighted by Crippen LogP contribution is 2.25. The Balaban J connectivity index is 1.98. The summed E-state index contributed by atoms with van der Waals surface area (Å²) in [6.45, 7) is 3.49. The number of rotatable bonds is 9. The average Bonchev–Trinajstić information content (AvgIpc) is 2.73. The first-order chi connectivity index (χ1) is 14.6. The van der Waals surface area contributed by atoms with Crippen molar-refractivity contribution in [1.82, 2.24) is 4.31 Å². The molecule has 0 saturated heterocycles. The minimum atomic E-state index is -3.62. The first-order valence-corrected chi connectivity index (χ1v) is 10.9. The second-order valence-electron chi connectivity index (χ2n) is 6.16. The third-order valence-electron chi connectivity index (χ3n) is 4.19. The van der Waals surface area contributed by atoms with Crippen molar-refractivity contribution in [3.05, 3.63) is 63.2 Å². The zero-order valence-electron chi connectivity index (χ0n) is 16.7. The molecule has 0 aliphatic carbocycles. The number of ether oxygens (including phenoxy) is 1. The van der Waals surface area contributed by atoms with Gasteiger partial charge < -0.3 is 10.1 Å². The Kier molecular flexibility index (Phi) is 8.08. The maximum atomic E-state index is 12.5. The van der Waals surface area contributed by atoms with Gasteiger partial charge >= 0.3 is 5.97 Å². The summed E-state index contributed by atoms with van der Waals surface area (Å²) in [6, 6.07) is 8.94. The van der Waals surface area contributed by atoms with Crippen LogP contribution in [-0.4, -0.2) is 49.2 Å². The Morgan fingerprint density at radius 3 is 2.29 bits per heavy atom. The van der Waals surface area contributed by atoms with Crippen molar-refractivity contribution in [2.24, 2.45) is 0 Å². The smallest absolute Gasteiger partial charge is 0.338 e. The molecule has 0 radical (unpaired) electrons. The van der Waals surface area contributed by atoms with E-state index in [4.69, 9.17) is 16.3 Å². The van der Waals surface area contributed by atoms with Crippen LogP contribution < -0.4 is 5.32 Å². The van der Waals surface area contributed by atoms with Crippen LogP contribution in [0.15, 0.2) is 47.4 Å². The average molecular weight is 470 g/mol. The molecule has 2 aromatic rings. The monoisotopic (exact) mass is 469 g/mol. The minimum absolute atomic E-state index is 0.0879. The minimum Gasteiger partial charge on any atom is -0.452 e. The number of halogens is 1. The summed E-state index contributed by atoms with van der Waals surface area (Å²) in [5.74, 6) is -1.60. The predicted octanol–water partition coefficient (Wildman–Crippen LogP) is 3.07. The van der Waals surface area contributed by atoms with Crippen LogP contribution in [-0.2, 0) is 19.6 Å². The summed E-state index contributed by atoms with van der Waals surface area (Å²) < 4.78 is 31.1. The molecule has 2 aromatic carbocycles. The molecule has 0 heterocycles. The number of sulfonamides is 1. The molecule has 2 rings (SSSR count). The van der Waals surface area contributed by atoms with Gasteiger partial charge in [-0.3, -0.25) is 14.9 Å². The van der Waals surface area contributed by atoms with E-state index in [0.717, 1.165) is 6.07 Å². The van der Waals surface area contributed by atoms with Gasteiger partial charge in [0.05, 0.1) is 15.4 Å². The fraction of sp³-hybridized carbons (Fsp3) is 0.263. The lowest BCUT2D eigenvalue weighted by Crippen LogP contribution is -2.30. The summed E-state index contributed by atoms with van der Waals surface area (Å²) in [7, 11) is -3.62. The number of nitro groups is 1. The predicted molar refractivity (Wildman–Crippen MR) is 114 cm³/mol. The maximum Gasteiger partial charge on any atom is 0.338 e. The van der Waals surface area contributed by atoms with Gasteiger partial charge in [-0.2, -0.15) is 4.31 Å². The molecular weight excluding hydrogens is 450 g/mol.